The van der Waals surface area contributed by atoms with Crippen molar-refractivity contribution in [1.29, 1.82) is 0 Å². The Morgan fingerprint density at radius 1 is 1.06 bits per heavy atom. The van der Waals surface area contributed by atoms with Crippen LogP contribution in [-0.4, -0.2) is 57.6 Å². The molecule has 192 valence electrons. The summed E-state index contributed by atoms with van der Waals surface area (Å²) in [5.41, 5.74) is 15.6. The number of amides is 1. The third-order valence-corrected chi connectivity index (χ3v) is 7.46. The number of anilines is 3. The standard InChI is InChI=1S/C26H37N9O/c1-17(2)35-16-30-22-24(31-26(32-25(22)35)34-13-9-20(27)10-14-34)29-15-19-5-3-4-6-21(19)33-11-7-18(8-12-33)23(28)36/h3-6,16-18,20H,7-15,27H2,1-2H3,(H2,28,36)(H,29,31,32). The van der Waals surface area contributed by atoms with Gasteiger partial charge >= 0.3 is 0 Å². The van der Waals surface area contributed by atoms with Crippen molar-refractivity contribution in [2.75, 3.05) is 41.3 Å². The smallest absolute Gasteiger partial charge is 0.229 e. The molecule has 0 spiro atoms. The van der Waals surface area contributed by atoms with E-state index in [0.29, 0.717) is 6.54 Å². The Hall–Kier alpha value is -3.40. The average Bonchev–Trinajstić information content (AvgIpc) is 3.32. The number of aromatic nitrogens is 4. The fraction of sp³-hybridized carbons (Fsp3) is 0.538. The predicted octanol–water partition coefficient (Wildman–Crippen LogP) is 2.65. The van der Waals surface area contributed by atoms with Crippen molar-refractivity contribution >= 4 is 34.5 Å². The Bertz CT molecular complexity index is 1210. The lowest BCUT2D eigenvalue weighted by molar-refractivity contribution is -0.122. The number of rotatable bonds is 7. The third-order valence-electron chi connectivity index (χ3n) is 7.46. The van der Waals surface area contributed by atoms with Crippen LogP contribution in [0.2, 0.25) is 0 Å². The molecule has 36 heavy (non-hydrogen) atoms. The molecule has 1 aromatic carbocycles. The van der Waals surface area contributed by atoms with Gasteiger partial charge in [-0.3, -0.25) is 4.79 Å². The number of hydrogen-bond donors (Lipinski definition) is 3. The summed E-state index contributed by atoms with van der Waals surface area (Å²) in [6, 6.07) is 8.89. The summed E-state index contributed by atoms with van der Waals surface area (Å²) in [5, 5.41) is 3.57. The van der Waals surface area contributed by atoms with Crippen LogP contribution in [0.15, 0.2) is 30.6 Å². The Morgan fingerprint density at radius 2 is 1.75 bits per heavy atom. The fourth-order valence-corrected chi connectivity index (χ4v) is 5.20. The first-order chi connectivity index (χ1) is 17.4. The van der Waals surface area contributed by atoms with Crippen molar-refractivity contribution < 1.29 is 4.79 Å². The minimum absolute atomic E-state index is 0.0281. The summed E-state index contributed by atoms with van der Waals surface area (Å²) >= 11 is 0. The molecule has 0 radical (unpaired) electrons. The first-order valence-electron chi connectivity index (χ1n) is 13.0. The minimum Gasteiger partial charge on any atom is -0.371 e. The highest BCUT2D eigenvalue weighted by molar-refractivity contribution is 5.84. The van der Waals surface area contributed by atoms with Crippen LogP contribution in [0.1, 0.15) is 51.1 Å². The molecule has 10 heteroatoms. The van der Waals surface area contributed by atoms with Gasteiger partial charge in [0.1, 0.15) is 0 Å². The van der Waals surface area contributed by atoms with Crippen molar-refractivity contribution in [3.63, 3.8) is 0 Å². The van der Waals surface area contributed by atoms with E-state index in [9.17, 15) is 4.79 Å². The van der Waals surface area contributed by atoms with Gasteiger partial charge in [-0.25, -0.2) is 4.98 Å². The van der Waals surface area contributed by atoms with Crippen LogP contribution in [0.5, 0.6) is 0 Å². The molecule has 5 rings (SSSR count). The zero-order chi connectivity index (χ0) is 25.2. The average molecular weight is 492 g/mol. The first-order valence-corrected chi connectivity index (χ1v) is 13.0. The highest BCUT2D eigenvalue weighted by Crippen LogP contribution is 2.29. The molecule has 2 saturated heterocycles. The van der Waals surface area contributed by atoms with Gasteiger partial charge in [0.05, 0.1) is 6.33 Å². The molecule has 0 aliphatic carbocycles. The van der Waals surface area contributed by atoms with Crippen molar-refractivity contribution in [2.24, 2.45) is 17.4 Å². The van der Waals surface area contributed by atoms with Crippen molar-refractivity contribution in [2.45, 2.75) is 58.2 Å². The summed E-state index contributed by atoms with van der Waals surface area (Å²) in [7, 11) is 0. The second-order valence-electron chi connectivity index (χ2n) is 10.3. The summed E-state index contributed by atoms with van der Waals surface area (Å²) in [4.78, 5) is 30.7. The number of hydrogen-bond acceptors (Lipinski definition) is 8. The number of nitrogens with two attached hydrogens (primary N) is 2. The quantitative estimate of drug-likeness (QED) is 0.460. The van der Waals surface area contributed by atoms with Crippen LogP contribution in [0.3, 0.4) is 0 Å². The molecule has 2 fully saturated rings. The van der Waals surface area contributed by atoms with Crippen molar-refractivity contribution in [3.05, 3.63) is 36.2 Å². The van der Waals surface area contributed by atoms with E-state index >= 15 is 0 Å². The molecule has 2 aliphatic rings. The maximum Gasteiger partial charge on any atom is 0.229 e. The SMILES string of the molecule is CC(C)n1cnc2c(NCc3ccccc3N3CCC(C(N)=O)CC3)nc(N3CCC(N)CC3)nc21. The molecule has 0 saturated carbocycles. The first kappa shape index (κ1) is 24.3. The van der Waals surface area contributed by atoms with E-state index in [4.69, 9.17) is 21.4 Å². The topological polar surface area (TPSA) is 131 Å². The molecular weight excluding hydrogens is 454 g/mol. The van der Waals surface area contributed by atoms with Gasteiger partial charge in [0.25, 0.3) is 0 Å². The molecule has 0 atom stereocenters. The van der Waals surface area contributed by atoms with Gasteiger partial charge in [-0.15, -0.1) is 0 Å². The highest BCUT2D eigenvalue weighted by Gasteiger charge is 2.25. The van der Waals surface area contributed by atoms with E-state index in [1.165, 1.54) is 11.3 Å². The fourth-order valence-electron chi connectivity index (χ4n) is 5.20. The highest BCUT2D eigenvalue weighted by atomic mass is 16.1. The minimum atomic E-state index is -0.190. The molecule has 0 unspecified atom stereocenters. The second kappa shape index (κ2) is 10.3. The molecule has 10 nitrogen and oxygen atoms in total. The Morgan fingerprint density at radius 3 is 2.44 bits per heavy atom. The van der Waals surface area contributed by atoms with Crippen LogP contribution in [-0.2, 0) is 11.3 Å². The monoisotopic (exact) mass is 491 g/mol. The lowest BCUT2D eigenvalue weighted by Gasteiger charge is -2.33. The molecule has 3 aromatic rings. The number of nitrogens with one attached hydrogen (secondary N) is 1. The van der Waals surface area contributed by atoms with E-state index in [1.54, 1.807) is 0 Å². The molecule has 1 amide bonds. The lowest BCUT2D eigenvalue weighted by Crippen LogP contribution is -2.40. The number of fused-ring (bicyclic) bond motifs is 1. The number of imidazole rings is 1. The summed E-state index contributed by atoms with van der Waals surface area (Å²) in [6.45, 7) is 8.22. The number of nitrogens with zero attached hydrogens (tertiary/aromatic N) is 6. The normalized spacial score (nSPS) is 17.8. The molecule has 4 heterocycles. The summed E-state index contributed by atoms with van der Waals surface area (Å²) in [6.07, 6.45) is 5.31. The molecule has 2 aromatic heterocycles. The zero-order valence-electron chi connectivity index (χ0n) is 21.2. The number of carbonyl (C=O) groups is 1. The van der Waals surface area contributed by atoms with Gasteiger partial charge in [-0.05, 0) is 51.2 Å². The van der Waals surface area contributed by atoms with Crippen LogP contribution >= 0.6 is 0 Å². The van der Waals surface area contributed by atoms with Gasteiger partial charge in [0.15, 0.2) is 17.0 Å². The van der Waals surface area contributed by atoms with Gasteiger partial charge in [0.2, 0.25) is 11.9 Å². The number of carbonyl (C=O) groups excluding carboxylic acids is 1. The van der Waals surface area contributed by atoms with Crippen LogP contribution in [0.4, 0.5) is 17.5 Å². The summed E-state index contributed by atoms with van der Waals surface area (Å²) < 4.78 is 2.10. The number of piperidine rings is 2. The van der Waals surface area contributed by atoms with Gasteiger partial charge in [-0.2, -0.15) is 9.97 Å². The van der Waals surface area contributed by atoms with Crippen LogP contribution < -0.4 is 26.6 Å². The molecule has 0 bridgehead atoms. The Kier molecular flexibility index (Phi) is 6.95. The maximum atomic E-state index is 11.6. The van der Waals surface area contributed by atoms with E-state index in [1.807, 2.05) is 6.33 Å². The van der Waals surface area contributed by atoms with Crippen molar-refractivity contribution in [1.82, 2.24) is 19.5 Å². The lowest BCUT2D eigenvalue weighted by atomic mass is 9.95. The van der Waals surface area contributed by atoms with Gasteiger partial charge in [0, 0.05) is 56.4 Å². The van der Waals surface area contributed by atoms with E-state index < -0.39 is 0 Å². The van der Waals surface area contributed by atoms with Gasteiger partial charge in [-0.1, -0.05) is 18.2 Å². The predicted molar refractivity (Wildman–Crippen MR) is 143 cm³/mol. The number of benzene rings is 1. The third kappa shape index (κ3) is 4.95. The summed E-state index contributed by atoms with van der Waals surface area (Å²) in [5.74, 6) is 1.25. The van der Waals surface area contributed by atoms with Crippen LogP contribution in [0.25, 0.3) is 11.2 Å². The Labute approximate surface area is 212 Å². The van der Waals surface area contributed by atoms with E-state index in [2.05, 4.69) is 62.8 Å². The number of primary amides is 1. The maximum absolute atomic E-state index is 11.6. The second-order valence-corrected chi connectivity index (χ2v) is 10.3. The van der Waals surface area contributed by atoms with E-state index in [-0.39, 0.29) is 23.9 Å². The van der Waals surface area contributed by atoms with E-state index in [0.717, 1.165) is 74.8 Å². The molecular formula is C26H37N9O. The zero-order valence-corrected chi connectivity index (χ0v) is 21.2. The Balaban J connectivity index is 1.41. The molecule has 5 N–H and O–H groups in total. The van der Waals surface area contributed by atoms with Gasteiger partial charge < -0.3 is 31.2 Å². The van der Waals surface area contributed by atoms with Crippen molar-refractivity contribution in [3.8, 4) is 0 Å². The molecule has 2 aliphatic heterocycles. The number of para-hydroxylation sites is 1. The largest absolute Gasteiger partial charge is 0.371 e. The van der Waals surface area contributed by atoms with Crippen LogP contribution in [0, 0.1) is 5.92 Å².